The molecule has 0 unspecified atom stereocenters. The number of hydrogen-bond donors (Lipinski definition) is 1. The minimum absolute atomic E-state index is 0.160. The van der Waals surface area contributed by atoms with Crippen molar-refractivity contribution in [2.24, 2.45) is 0 Å². The summed E-state index contributed by atoms with van der Waals surface area (Å²) in [5.74, 6) is -0.709. The summed E-state index contributed by atoms with van der Waals surface area (Å²) in [5, 5.41) is 0. The van der Waals surface area contributed by atoms with Gasteiger partial charge in [-0.05, 0) is 30.3 Å². The predicted octanol–water partition coefficient (Wildman–Crippen LogP) is 3.65. The van der Waals surface area contributed by atoms with Crippen LogP contribution in [0.1, 0.15) is 5.56 Å². The zero-order valence-electron chi connectivity index (χ0n) is 10.4. The van der Waals surface area contributed by atoms with Crippen molar-refractivity contribution in [2.45, 2.75) is 11.1 Å². The van der Waals surface area contributed by atoms with E-state index in [1.807, 2.05) is 4.72 Å². The Kier molecular flexibility index (Phi) is 3.91. The highest BCUT2D eigenvalue weighted by Crippen LogP contribution is 2.34. The molecule has 0 spiro atoms. The third kappa shape index (κ3) is 3.52. The molecule has 21 heavy (non-hydrogen) atoms. The molecule has 2 rings (SSSR count). The lowest BCUT2D eigenvalue weighted by Gasteiger charge is -2.14. The van der Waals surface area contributed by atoms with Gasteiger partial charge in [0.25, 0.3) is 10.0 Å². The number of hydrogen-bond acceptors (Lipinski definition) is 2. The second-order valence-corrected chi connectivity index (χ2v) is 5.76. The van der Waals surface area contributed by atoms with Crippen LogP contribution in [-0.4, -0.2) is 8.42 Å². The van der Waals surface area contributed by atoms with Gasteiger partial charge in [0.15, 0.2) is 0 Å². The Morgan fingerprint density at radius 2 is 1.62 bits per heavy atom. The second kappa shape index (κ2) is 5.36. The molecule has 2 aromatic carbocycles. The van der Waals surface area contributed by atoms with Crippen LogP contribution in [0.3, 0.4) is 0 Å². The van der Waals surface area contributed by atoms with E-state index in [1.54, 1.807) is 0 Å². The van der Waals surface area contributed by atoms with Crippen molar-refractivity contribution in [3.05, 3.63) is 59.9 Å². The van der Waals surface area contributed by atoms with E-state index in [4.69, 9.17) is 0 Å². The normalized spacial score (nSPS) is 12.2. The predicted molar refractivity (Wildman–Crippen MR) is 68.7 cm³/mol. The SMILES string of the molecule is O=S(=O)(Nc1cccc(F)c1)c1ccccc1C(F)(F)F. The molecule has 2 aromatic rings. The van der Waals surface area contributed by atoms with Crippen LogP contribution in [0, 0.1) is 5.82 Å². The molecule has 0 aliphatic carbocycles. The highest BCUT2D eigenvalue weighted by molar-refractivity contribution is 7.92. The first kappa shape index (κ1) is 15.3. The first-order valence-corrected chi connectivity index (χ1v) is 7.13. The van der Waals surface area contributed by atoms with Crippen LogP contribution in [0.25, 0.3) is 0 Å². The number of halogens is 4. The van der Waals surface area contributed by atoms with Gasteiger partial charge >= 0.3 is 6.18 Å². The first-order chi connectivity index (χ1) is 9.70. The maximum absolute atomic E-state index is 13.0. The average Bonchev–Trinajstić information content (AvgIpc) is 2.37. The molecule has 0 aliphatic heterocycles. The quantitative estimate of drug-likeness (QED) is 0.878. The lowest BCUT2D eigenvalue weighted by Crippen LogP contribution is -2.18. The fourth-order valence-electron chi connectivity index (χ4n) is 1.70. The molecule has 0 aliphatic rings. The largest absolute Gasteiger partial charge is 0.417 e. The molecular weight excluding hydrogens is 310 g/mol. The number of sulfonamides is 1. The van der Waals surface area contributed by atoms with Gasteiger partial charge in [0.05, 0.1) is 16.1 Å². The van der Waals surface area contributed by atoms with Gasteiger partial charge in [0, 0.05) is 0 Å². The van der Waals surface area contributed by atoms with Gasteiger partial charge in [0.2, 0.25) is 0 Å². The highest BCUT2D eigenvalue weighted by atomic mass is 32.2. The molecule has 0 heterocycles. The van der Waals surface area contributed by atoms with Crippen LogP contribution in [0.2, 0.25) is 0 Å². The number of rotatable bonds is 3. The maximum Gasteiger partial charge on any atom is 0.417 e. The van der Waals surface area contributed by atoms with Crippen molar-refractivity contribution >= 4 is 15.7 Å². The van der Waals surface area contributed by atoms with Crippen molar-refractivity contribution < 1.29 is 26.0 Å². The Hall–Kier alpha value is -2.09. The number of benzene rings is 2. The maximum atomic E-state index is 13.0. The summed E-state index contributed by atoms with van der Waals surface area (Å²) in [7, 11) is -4.48. The molecule has 0 amide bonds. The minimum Gasteiger partial charge on any atom is -0.280 e. The summed E-state index contributed by atoms with van der Waals surface area (Å²) >= 11 is 0. The van der Waals surface area contributed by atoms with E-state index in [0.29, 0.717) is 6.07 Å². The smallest absolute Gasteiger partial charge is 0.280 e. The summed E-state index contributed by atoms with van der Waals surface area (Å²) in [4.78, 5) is -0.915. The molecule has 0 radical (unpaired) electrons. The van der Waals surface area contributed by atoms with Gasteiger partial charge in [0.1, 0.15) is 5.82 Å². The summed E-state index contributed by atoms with van der Waals surface area (Å²) < 4.78 is 77.5. The van der Waals surface area contributed by atoms with Gasteiger partial charge in [-0.3, -0.25) is 4.72 Å². The van der Waals surface area contributed by atoms with Crippen LogP contribution in [0.5, 0.6) is 0 Å². The average molecular weight is 319 g/mol. The van der Waals surface area contributed by atoms with E-state index in [-0.39, 0.29) is 5.69 Å². The Labute approximate surface area is 118 Å². The topological polar surface area (TPSA) is 46.2 Å². The third-order valence-corrected chi connectivity index (χ3v) is 4.00. The van der Waals surface area contributed by atoms with Crippen molar-refractivity contribution in [3.63, 3.8) is 0 Å². The Morgan fingerprint density at radius 1 is 0.952 bits per heavy atom. The summed E-state index contributed by atoms with van der Waals surface area (Å²) in [6.45, 7) is 0. The number of anilines is 1. The van der Waals surface area contributed by atoms with Crippen molar-refractivity contribution in [2.75, 3.05) is 4.72 Å². The molecule has 0 atom stereocenters. The molecular formula is C13H9F4NO2S. The highest BCUT2D eigenvalue weighted by Gasteiger charge is 2.36. The van der Waals surface area contributed by atoms with Crippen molar-refractivity contribution in [1.29, 1.82) is 0 Å². The zero-order valence-corrected chi connectivity index (χ0v) is 11.2. The zero-order chi connectivity index (χ0) is 15.7. The molecule has 0 saturated heterocycles. The standard InChI is InChI=1S/C13H9F4NO2S/c14-9-4-3-5-10(8-9)18-21(19,20)12-7-2-1-6-11(12)13(15,16)17/h1-8,18H. The van der Waals surface area contributed by atoms with E-state index in [9.17, 15) is 26.0 Å². The van der Waals surface area contributed by atoms with Gasteiger partial charge < -0.3 is 0 Å². The third-order valence-electron chi connectivity index (χ3n) is 2.56. The summed E-state index contributed by atoms with van der Waals surface area (Å²) in [6, 6.07) is 8.19. The van der Waals surface area contributed by atoms with E-state index >= 15 is 0 Å². The lowest BCUT2D eigenvalue weighted by atomic mass is 10.2. The fourth-order valence-corrected chi connectivity index (χ4v) is 2.98. The van der Waals surface area contributed by atoms with Gasteiger partial charge in [-0.2, -0.15) is 13.2 Å². The van der Waals surface area contributed by atoms with E-state index in [2.05, 4.69) is 0 Å². The summed E-state index contributed by atoms with van der Waals surface area (Å²) in [6.07, 6.45) is -4.81. The van der Waals surface area contributed by atoms with Gasteiger partial charge in [-0.1, -0.05) is 18.2 Å². The Balaban J connectivity index is 2.46. The number of nitrogens with one attached hydrogen (secondary N) is 1. The van der Waals surface area contributed by atoms with Crippen LogP contribution >= 0.6 is 0 Å². The molecule has 112 valence electrons. The Bertz CT molecular complexity index is 757. The molecule has 3 nitrogen and oxygen atoms in total. The van der Waals surface area contributed by atoms with Crippen molar-refractivity contribution in [3.8, 4) is 0 Å². The first-order valence-electron chi connectivity index (χ1n) is 5.65. The molecule has 0 saturated carbocycles. The number of alkyl halides is 3. The molecule has 1 N–H and O–H groups in total. The van der Waals surface area contributed by atoms with Crippen LogP contribution in [0.4, 0.5) is 23.2 Å². The Morgan fingerprint density at radius 3 is 2.24 bits per heavy atom. The van der Waals surface area contributed by atoms with Gasteiger partial charge in [-0.25, -0.2) is 12.8 Å². The fraction of sp³-hybridized carbons (Fsp3) is 0.0769. The van der Waals surface area contributed by atoms with E-state index < -0.39 is 32.5 Å². The van der Waals surface area contributed by atoms with Gasteiger partial charge in [-0.15, -0.1) is 0 Å². The van der Waals surface area contributed by atoms with Crippen LogP contribution in [-0.2, 0) is 16.2 Å². The molecule has 8 heteroatoms. The lowest BCUT2D eigenvalue weighted by molar-refractivity contribution is -0.139. The van der Waals surface area contributed by atoms with E-state index in [1.165, 1.54) is 18.2 Å². The molecule has 0 aromatic heterocycles. The molecule has 0 fully saturated rings. The second-order valence-electron chi connectivity index (χ2n) is 4.11. The molecule has 0 bridgehead atoms. The monoisotopic (exact) mass is 319 g/mol. The van der Waals surface area contributed by atoms with E-state index in [0.717, 1.165) is 24.3 Å². The van der Waals surface area contributed by atoms with Crippen molar-refractivity contribution in [1.82, 2.24) is 0 Å². The van der Waals surface area contributed by atoms with Crippen LogP contribution < -0.4 is 4.72 Å². The van der Waals surface area contributed by atoms with Crippen LogP contribution in [0.15, 0.2) is 53.4 Å². The summed E-state index contributed by atoms with van der Waals surface area (Å²) in [5.41, 5.74) is -1.44. The minimum atomic E-state index is -4.81.